The van der Waals surface area contributed by atoms with Gasteiger partial charge in [-0.2, -0.15) is 0 Å². The Kier molecular flexibility index (Phi) is 12.9. The summed E-state index contributed by atoms with van der Waals surface area (Å²) in [6, 6.07) is 0. The molecule has 31 heavy (non-hydrogen) atoms. The van der Waals surface area contributed by atoms with Gasteiger partial charge in [-0.05, 0) is 6.42 Å². The molecule has 1 saturated heterocycles. The lowest BCUT2D eigenvalue weighted by molar-refractivity contribution is -0.870. The summed E-state index contributed by atoms with van der Waals surface area (Å²) in [4.78, 5) is 37.1. The summed E-state index contributed by atoms with van der Waals surface area (Å²) in [5.74, 6) is -0.292. The summed E-state index contributed by atoms with van der Waals surface area (Å²) in [5.41, 5.74) is 0. The third-order valence-corrected chi connectivity index (χ3v) is 6.06. The number of carbonyl (C=O) groups excluding carboxylic acids is 2. The van der Waals surface area contributed by atoms with E-state index < -0.39 is 20.0 Å². The van der Waals surface area contributed by atoms with E-state index in [1.807, 2.05) is 21.1 Å². The topological polar surface area (TPSA) is 105 Å². The summed E-state index contributed by atoms with van der Waals surface area (Å²) in [7, 11) is 1.26. The van der Waals surface area contributed by atoms with Gasteiger partial charge in [0, 0.05) is 6.42 Å². The molecule has 1 aliphatic rings. The van der Waals surface area contributed by atoms with Crippen LogP contribution in [0.3, 0.4) is 0 Å². The van der Waals surface area contributed by atoms with E-state index in [4.69, 9.17) is 13.8 Å². The molecule has 0 aromatic carbocycles. The quantitative estimate of drug-likeness (QED) is 0.184. The van der Waals surface area contributed by atoms with Gasteiger partial charge < -0.3 is 23.2 Å². The fourth-order valence-corrected chi connectivity index (χ4v) is 3.90. The Balaban J connectivity index is 2.21. The number of ether oxygens (including phenoxy) is 1. The molecule has 0 N–H and O–H groups in total. The van der Waals surface area contributed by atoms with Crippen LogP contribution in [0.25, 0.3) is 0 Å². The minimum absolute atomic E-state index is 0.00190. The van der Waals surface area contributed by atoms with Crippen LogP contribution in [0, 0.1) is 0 Å². The summed E-state index contributed by atoms with van der Waals surface area (Å²) < 4.78 is 27.1. The predicted molar refractivity (Wildman–Crippen MR) is 116 cm³/mol. The van der Waals surface area contributed by atoms with Crippen molar-refractivity contribution in [2.45, 2.75) is 77.2 Å². The average molecular weight is 465 g/mol. The lowest BCUT2D eigenvalue weighted by Crippen LogP contribution is -2.37. The van der Waals surface area contributed by atoms with Gasteiger partial charge in [-0.1, -0.05) is 58.3 Å². The van der Waals surface area contributed by atoms with Crippen molar-refractivity contribution in [1.82, 2.24) is 4.90 Å². The molecule has 1 unspecified atom stereocenters. The third-order valence-electron chi connectivity index (χ3n) is 5.10. The first-order valence-corrected chi connectivity index (χ1v) is 12.9. The van der Waals surface area contributed by atoms with Gasteiger partial charge in [0.25, 0.3) is 7.82 Å². The second-order valence-corrected chi connectivity index (χ2v) is 10.6. The third kappa shape index (κ3) is 13.2. The van der Waals surface area contributed by atoms with E-state index in [0.717, 1.165) is 24.2 Å². The van der Waals surface area contributed by atoms with Crippen molar-refractivity contribution in [2.24, 2.45) is 0 Å². The van der Waals surface area contributed by atoms with Crippen molar-refractivity contribution in [2.75, 3.05) is 47.4 Å². The minimum atomic E-state index is -4.49. The van der Waals surface area contributed by atoms with Crippen molar-refractivity contribution in [3.05, 3.63) is 0 Å². The fourth-order valence-electron chi connectivity index (χ4n) is 3.17. The molecule has 9 nitrogen and oxygen atoms in total. The smallest absolute Gasteiger partial charge is 0.417 e. The number of cyclic esters (lactones) is 1. The van der Waals surface area contributed by atoms with Crippen molar-refractivity contribution in [1.29, 1.82) is 0 Å². The van der Waals surface area contributed by atoms with Crippen LogP contribution in [0.1, 0.15) is 71.1 Å². The molecule has 2 amide bonds. The van der Waals surface area contributed by atoms with Crippen LogP contribution < -0.4 is 4.89 Å². The highest BCUT2D eigenvalue weighted by Crippen LogP contribution is 2.38. The zero-order chi connectivity index (χ0) is 23.3. The molecular formula is C21H41N2O7P. The van der Waals surface area contributed by atoms with Crippen LogP contribution in [-0.2, 0) is 23.1 Å². The number of likely N-dealkylation sites (N-methyl/N-ethyl adjacent to an activating group) is 1. The second-order valence-electron chi connectivity index (χ2n) is 9.18. The first-order valence-electron chi connectivity index (χ1n) is 11.5. The number of unbranched alkanes of at least 4 members (excludes halogenated alkanes) is 8. The molecule has 0 aromatic heterocycles. The molecule has 2 atom stereocenters. The average Bonchev–Trinajstić information content (AvgIpc) is 3.04. The molecule has 0 aliphatic carbocycles. The van der Waals surface area contributed by atoms with E-state index in [2.05, 4.69) is 6.92 Å². The van der Waals surface area contributed by atoms with Crippen LogP contribution in [0.2, 0.25) is 0 Å². The van der Waals surface area contributed by atoms with Crippen molar-refractivity contribution in [3.8, 4) is 0 Å². The molecule has 0 spiro atoms. The lowest BCUT2D eigenvalue weighted by atomic mass is 10.1. The molecule has 10 heteroatoms. The molecule has 1 aliphatic heterocycles. The standard InChI is InChI=1S/C21H41N2O7P/c1-5-6-7-8-9-10-11-12-13-14-20(24)22-17-19(30-21(22)25)18-29-31(26,27)28-16-15-23(2,3)4/h19H,5-18H2,1-4H3/t19-/m1/s1. The highest BCUT2D eigenvalue weighted by Gasteiger charge is 2.36. The Hall–Kier alpha value is -0.990. The largest absolute Gasteiger partial charge is 0.756 e. The number of hydrogen-bond donors (Lipinski definition) is 0. The van der Waals surface area contributed by atoms with E-state index >= 15 is 0 Å². The number of nitrogens with zero attached hydrogens (tertiary/aromatic N) is 2. The fraction of sp³-hybridized carbons (Fsp3) is 0.905. The summed E-state index contributed by atoms with van der Waals surface area (Å²) >= 11 is 0. The highest BCUT2D eigenvalue weighted by atomic mass is 31.2. The van der Waals surface area contributed by atoms with Gasteiger partial charge in [0.05, 0.1) is 34.3 Å². The minimum Gasteiger partial charge on any atom is -0.756 e. The monoisotopic (exact) mass is 464 g/mol. The number of amides is 2. The van der Waals surface area contributed by atoms with E-state index in [1.54, 1.807) is 0 Å². The molecule has 0 radical (unpaired) electrons. The number of quaternary nitrogens is 1. The van der Waals surface area contributed by atoms with Crippen LogP contribution in [0.5, 0.6) is 0 Å². The number of rotatable bonds is 17. The van der Waals surface area contributed by atoms with Gasteiger partial charge in [0.15, 0.2) is 0 Å². The van der Waals surface area contributed by atoms with Crippen LogP contribution in [0.15, 0.2) is 0 Å². The summed E-state index contributed by atoms with van der Waals surface area (Å²) in [6.07, 6.45) is 9.01. The number of carbonyl (C=O) groups is 2. The first-order chi connectivity index (χ1) is 14.5. The zero-order valence-corrected chi connectivity index (χ0v) is 20.6. The molecular weight excluding hydrogens is 423 g/mol. The second kappa shape index (κ2) is 14.2. The van der Waals surface area contributed by atoms with Gasteiger partial charge in [0.2, 0.25) is 5.91 Å². The highest BCUT2D eigenvalue weighted by molar-refractivity contribution is 7.45. The van der Waals surface area contributed by atoms with E-state index in [-0.39, 0.29) is 32.1 Å². The van der Waals surface area contributed by atoms with Gasteiger partial charge in [-0.3, -0.25) is 9.36 Å². The Morgan fingerprint density at radius 1 is 1.10 bits per heavy atom. The molecule has 182 valence electrons. The van der Waals surface area contributed by atoms with Gasteiger partial charge in [-0.15, -0.1) is 0 Å². The first kappa shape index (κ1) is 28.0. The van der Waals surface area contributed by atoms with Crippen LogP contribution >= 0.6 is 7.82 Å². The number of phosphoric ester groups is 1. The summed E-state index contributed by atoms with van der Waals surface area (Å²) in [5, 5.41) is 0. The molecule has 0 aromatic rings. The molecule has 1 fully saturated rings. The summed E-state index contributed by atoms with van der Waals surface area (Å²) in [6.45, 7) is 2.33. The number of imide groups is 1. The lowest BCUT2D eigenvalue weighted by Gasteiger charge is -2.27. The molecule has 1 rings (SSSR count). The van der Waals surface area contributed by atoms with E-state index in [9.17, 15) is 19.0 Å². The Morgan fingerprint density at radius 2 is 1.68 bits per heavy atom. The van der Waals surface area contributed by atoms with Gasteiger partial charge in [0.1, 0.15) is 19.3 Å². The van der Waals surface area contributed by atoms with E-state index in [1.165, 1.54) is 38.5 Å². The molecule has 1 heterocycles. The van der Waals surface area contributed by atoms with Crippen molar-refractivity contribution < 1.29 is 37.3 Å². The maximum Gasteiger partial charge on any atom is 0.417 e. The van der Waals surface area contributed by atoms with Gasteiger partial charge >= 0.3 is 6.09 Å². The van der Waals surface area contributed by atoms with Crippen molar-refractivity contribution in [3.63, 3.8) is 0 Å². The van der Waals surface area contributed by atoms with Crippen LogP contribution in [0.4, 0.5) is 4.79 Å². The SMILES string of the molecule is CCCCCCCCCCCC(=O)N1C[C@H](COP(=O)([O-])OCC[N+](C)(C)C)OC1=O. The Bertz CT molecular complexity index is 595. The normalized spacial score (nSPS) is 18.8. The van der Waals surface area contributed by atoms with Crippen molar-refractivity contribution >= 4 is 19.8 Å². The van der Waals surface area contributed by atoms with Gasteiger partial charge in [-0.25, -0.2) is 9.69 Å². The predicted octanol–water partition coefficient (Wildman–Crippen LogP) is 3.46. The number of hydrogen-bond acceptors (Lipinski definition) is 7. The Labute approximate surface area is 187 Å². The maximum atomic E-state index is 12.3. The van der Waals surface area contributed by atoms with E-state index in [0.29, 0.717) is 11.0 Å². The zero-order valence-electron chi connectivity index (χ0n) is 19.7. The number of phosphoric acid groups is 1. The molecule has 0 bridgehead atoms. The molecule has 0 saturated carbocycles. The van der Waals surface area contributed by atoms with Crippen LogP contribution in [-0.4, -0.2) is 74.9 Å². The maximum absolute atomic E-state index is 12.3. The Morgan fingerprint density at radius 3 is 2.26 bits per heavy atom.